The Morgan fingerprint density at radius 1 is 1.43 bits per heavy atom. The quantitative estimate of drug-likeness (QED) is 0.770. The lowest BCUT2D eigenvalue weighted by molar-refractivity contribution is 0.378. The van der Waals surface area contributed by atoms with Crippen LogP contribution in [0.3, 0.4) is 0 Å². The lowest BCUT2D eigenvalue weighted by Crippen LogP contribution is -2.38. The van der Waals surface area contributed by atoms with E-state index in [-0.39, 0.29) is 0 Å². The Bertz CT molecular complexity index is 183. The molecular weight excluding hydrogens is 190 g/mol. The Balaban J connectivity index is 1.65. The topological polar surface area (TPSA) is 12.0 Å². The van der Waals surface area contributed by atoms with Crippen molar-refractivity contribution in [2.45, 2.75) is 57.2 Å². The van der Waals surface area contributed by atoms with Crippen LogP contribution in [0.4, 0.5) is 0 Å². The molecule has 1 saturated carbocycles. The molecule has 0 aromatic carbocycles. The van der Waals surface area contributed by atoms with Gasteiger partial charge in [0.25, 0.3) is 0 Å². The Morgan fingerprint density at radius 2 is 2.21 bits per heavy atom. The summed E-state index contributed by atoms with van der Waals surface area (Å²) < 4.78 is 0. The molecule has 1 nitrogen and oxygen atoms in total. The molecule has 0 aromatic rings. The third-order valence-electron chi connectivity index (χ3n) is 4.01. The molecule has 0 spiro atoms. The molecule has 2 heteroatoms. The largest absolute Gasteiger partial charge is 0.313 e. The van der Waals surface area contributed by atoms with Crippen molar-refractivity contribution < 1.29 is 0 Å². The molecule has 2 unspecified atom stereocenters. The number of hydrogen-bond acceptors (Lipinski definition) is 2. The van der Waals surface area contributed by atoms with E-state index >= 15 is 0 Å². The molecule has 1 aliphatic heterocycles. The lowest BCUT2D eigenvalue weighted by Gasteiger charge is -2.26. The molecule has 0 bridgehead atoms. The van der Waals surface area contributed by atoms with E-state index in [0.29, 0.717) is 5.41 Å². The third-order valence-corrected chi connectivity index (χ3v) is 5.41. The van der Waals surface area contributed by atoms with Gasteiger partial charge in [-0.3, -0.25) is 0 Å². The van der Waals surface area contributed by atoms with Crippen molar-refractivity contribution in [3.63, 3.8) is 0 Å². The minimum atomic E-state index is 0.638. The second-order valence-corrected chi connectivity index (χ2v) is 6.68. The van der Waals surface area contributed by atoms with Gasteiger partial charge in [-0.25, -0.2) is 0 Å². The van der Waals surface area contributed by atoms with Crippen LogP contribution in [-0.2, 0) is 0 Å². The Kier molecular flexibility index (Phi) is 3.43. The molecule has 2 aliphatic rings. The number of rotatable bonds is 4. The maximum Gasteiger partial charge on any atom is 0.0172 e. The molecule has 2 fully saturated rings. The highest BCUT2D eigenvalue weighted by Gasteiger charge is 2.42. The zero-order chi connectivity index (χ0) is 10.0. The Labute approximate surface area is 92.4 Å². The monoisotopic (exact) mass is 213 g/mol. The van der Waals surface area contributed by atoms with Crippen LogP contribution in [0, 0.1) is 5.41 Å². The summed E-state index contributed by atoms with van der Waals surface area (Å²) in [5, 5.41) is 4.63. The fourth-order valence-corrected chi connectivity index (χ4v) is 3.40. The second-order valence-electron chi connectivity index (χ2n) is 5.27. The van der Waals surface area contributed by atoms with Gasteiger partial charge in [-0.15, -0.1) is 0 Å². The summed E-state index contributed by atoms with van der Waals surface area (Å²) in [5.41, 5.74) is 0.638. The summed E-state index contributed by atoms with van der Waals surface area (Å²) in [6.07, 6.45) is 7.18. The summed E-state index contributed by atoms with van der Waals surface area (Å²) >= 11 is 2.17. The summed E-state index contributed by atoms with van der Waals surface area (Å²) in [6, 6.07) is 0.727. The van der Waals surface area contributed by atoms with Crippen LogP contribution < -0.4 is 5.32 Å². The SMILES string of the molecule is CC(NCC1CCCCS1)C1(C)CC1. The zero-order valence-electron chi connectivity index (χ0n) is 9.51. The van der Waals surface area contributed by atoms with E-state index in [0.717, 1.165) is 11.3 Å². The van der Waals surface area contributed by atoms with Crippen molar-refractivity contribution in [3.8, 4) is 0 Å². The Morgan fingerprint density at radius 3 is 2.79 bits per heavy atom. The van der Waals surface area contributed by atoms with Crippen molar-refractivity contribution >= 4 is 11.8 Å². The van der Waals surface area contributed by atoms with Crippen molar-refractivity contribution in [2.24, 2.45) is 5.41 Å². The van der Waals surface area contributed by atoms with E-state index in [1.165, 1.54) is 44.4 Å². The van der Waals surface area contributed by atoms with Crippen molar-refractivity contribution in [2.75, 3.05) is 12.3 Å². The fraction of sp³-hybridized carbons (Fsp3) is 1.00. The van der Waals surface area contributed by atoms with Crippen LogP contribution in [0.5, 0.6) is 0 Å². The van der Waals surface area contributed by atoms with E-state index in [2.05, 4.69) is 30.9 Å². The summed E-state index contributed by atoms with van der Waals surface area (Å²) in [6.45, 7) is 6.01. The highest BCUT2D eigenvalue weighted by Crippen LogP contribution is 2.47. The molecule has 0 radical (unpaired) electrons. The van der Waals surface area contributed by atoms with Gasteiger partial charge in [0.05, 0.1) is 0 Å². The first-order chi connectivity index (χ1) is 6.71. The highest BCUT2D eigenvalue weighted by atomic mass is 32.2. The van der Waals surface area contributed by atoms with E-state index in [4.69, 9.17) is 0 Å². The molecule has 82 valence electrons. The van der Waals surface area contributed by atoms with Crippen molar-refractivity contribution in [3.05, 3.63) is 0 Å². The van der Waals surface area contributed by atoms with Gasteiger partial charge in [0, 0.05) is 17.8 Å². The third kappa shape index (κ3) is 2.66. The normalized spacial score (nSPS) is 32.6. The van der Waals surface area contributed by atoms with Gasteiger partial charge < -0.3 is 5.32 Å². The number of thioether (sulfide) groups is 1. The Hall–Kier alpha value is 0.310. The average molecular weight is 213 g/mol. The second kappa shape index (κ2) is 4.44. The van der Waals surface area contributed by atoms with Crippen LogP contribution in [0.1, 0.15) is 46.0 Å². The molecule has 2 atom stereocenters. The molecule has 1 heterocycles. The minimum Gasteiger partial charge on any atom is -0.313 e. The maximum atomic E-state index is 3.73. The number of nitrogens with one attached hydrogen (secondary N) is 1. The minimum absolute atomic E-state index is 0.638. The predicted octanol–water partition coefficient (Wildman–Crippen LogP) is 3.05. The zero-order valence-corrected chi connectivity index (χ0v) is 10.3. The summed E-state index contributed by atoms with van der Waals surface area (Å²) in [7, 11) is 0. The molecule has 0 aromatic heterocycles. The molecule has 14 heavy (non-hydrogen) atoms. The predicted molar refractivity (Wildman–Crippen MR) is 64.9 cm³/mol. The first-order valence-corrected chi connectivity index (χ1v) is 7.10. The lowest BCUT2D eigenvalue weighted by atomic mass is 10.0. The summed E-state index contributed by atoms with van der Waals surface area (Å²) in [4.78, 5) is 0. The van der Waals surface area contributed by atoms with E-state index in [1.807, 2.05) is 0 Å². The molecular formula is C12H23NS. The molecule has 0 amide bonds. The molecule has 1 aliphatic carbocycles. The maximum absolute atomic E-state index is 3.73. The number of hydrogen-bond donors (Lipinski definition) is 1. The van der Waals surface area contributed by atoms with E-state index in [9.17, 15) is 0 Å². The van der Waals surface area contributed by atoms with Crippen LogP contribution in [0.15, 0.2) is 0 Å². The molecule has 1 N–H and O–H groups in total. The van der Waals surface area contributed by atoms with E-state index in [1.54, 1.807) is 0 Å². The van der Waals surface area contributed by atoms with Crippen LogP contribution >= 0.6 is 11.8 Å². The van der Waals surface area contributed by atoms with Crippen molar-refractivity contribution in [1.29, 1.82) is 0 Å². The van der Waals surface area contributed by atoms with Crippen LogP contribution in [0.25, 0.3) is 0 Å². The van der Waals surface area contributed by atoms with Gasteiger partial charge in [0.1, 0.15) is 0 Å². The van der Waals surface area contributed by atoms with Gasteiger partial charge in [-0.05, 0) is 43.8 Å². The first kappa shape index (κ1) is 10.8. The first-order valence-electron chi connectivity index (χ1n) is 6.06. The highest BCUT2D eigenvalue weighted by molar-refractivity contribution is 7.99. The fourth-order valence-electron chi connectivity index (χ4n) is 2.15. The van der Waals surface area contributed by atoms with Gasteiger partial charge in [0.15, 0.2) is 0 Å². The van der Waals surface area contributed by atoms with Gasteiger partial charge >= 0.3 is 0 Å². The van der Waals surface area contributed by atoms with E-state index < -0.39 is 0 Å². The van der Waals surface area contributed by atoms with Gasteiger partial charge in [-0.2, -0.15) is 11.8 Å². The van der Waals surface area contributed by atoms with Gasteiger partial charge in [-0.1, -0.05) is 13.3 Å². The van der Waals surface area contributed by atoms with Crippen LogP contribution in [-0.4, -0.2) is 23.6 Å². The van der Waals surface area contributed by atoms with Crippen molar-refractivity contribution in [1.82, 2.24) is 5.32 Å². The molecule has 2 rings (SSSR count). The summed E-state index contributed by atoms with van der Waals surface area (Å²) in [5.74, 6) is 1.39. The standard InChI is InChI=1S/C12H23NS/c1-10(12(2)6-7-12)13-9-11-5-3-4-8-14-11/h10-11,13H,3-9H2,1-2H3. The average Bonchev–Trinajstić information content (AvgIpc) is 2.96. The van der Waals surface area contributed by atoms with Gasteiger partial charge in [0.2, 0.25) is 0 Å². The molecule has 1 saturated heterocycles. The smallest absolute Gasteiger partial charge is 0.0172 e. The van der Waals surface area contributed by atoms with Crippen LogP contribution in [0.2, 0.25) is 0 Å².